The molecule has 29 heavy (non-hydrogen) atoms. The van der Waals surface area contributed by atoms with Crippen molar-refractivity contribution >= 4 is 16.7 Å². The van der Waals surface area contributed by atoms with Gasteiger partial charge in [-0.15, -0.1) is 0 Å². The summed E-state index contributed by atoms with van der Waals surface area (Å²) in [7, 11) is 0. The van der Waals surface area contributed by atoms with Gasteiger partial charge in [0.15, 0.2) is 17.3 Å². The third-order valence-corrected chi connectivity index (χ3v) is 6.18. The summed E-state index contributed by atoms with van der Waals surface area (Å²) in [6.45, 7) is 4.33. The van der Waals surface area contributed by atoms with Gasteiger partial charge < -0.3 is 14.5 Å². The van der Waals surface area contributed by atoms with Gasteiger partial charge in [-0.05, 0) is 50.1 Å². The van der Waals surface area contributed by atoms with E-state index in [9.17, 15) is 4.79 Å². The molecule has 0 amide bonds. The predicted octanol–water partition coefficient (Wildman–Crippen LogP) is 4.74. The molecule has 0 radical (unpaired) electrons. The van der Waals surface area contributed by atoms with Crippen molar-refractivity contribution in [2.75, 3.05) is 19.8 Å². The van der Waals surface area contributed by atoms with Crippen molar-refractivity contribution in [3.63, 3.8) is 0 Å². The number of fused-ring (bicyclic) bond motifs is 2. The standard InChI is InChI=1S/C24H26N2O3/c1-16(24(27)19-15-25-20-7-3-2-6-18(19)20)26-11-4-8-21(26)17-9-10-22-23(14-17)29-13-5-12-28-22/h2-3,6-7,9-10,14-16,21,25H,4-5,8,11-13H2,1H3/t16-,21+/m0/s1. The third-order valence-electron chi connectivity index (χ3n) is 6.18. The molecule has 1 N–H and O–H groups in total. The first-order chi connectivity index (χ1) is 14.2. The van der Waals surface area contributed by atoms with Crippen molar-refractivity contribution in [3.8, 4) is 11.5 Å². The van der Waals surface area contributed by atoms with E-state index < -0.39 is 0 Å². The summed E-state index contributed by atoms with van der Waals surface area (Å²) in [4.78, 5) is 18.9. The maximum atomic E-state index is 13.4. The number of aromatic amines is 1. The number of aromatic nitrogens is 1. The summed E-state index contributed by atoms with van der Waals surface area (Å²) < 4.78 is 11.7. The Balaban J connectivity index is 1.42. The second kappa shape index (κ2) is 7.56. The lowest BCUT2D eigenvalue weighted by Gasteiger charge is -2.30. The van der Waals surface area contributed by atoms with Gasteiger partial charge in [-0.2, -0.15) is 0 Å². The van der Waals surface area contributed by atoms with Gasteiger partial charge in [-0.3, -0.25) is 9.69 Å². The summed E-state index contributed by atoms with van der Waals surface area (Å²) in [6, 6.07) is 14.3. The minimum absolute atomic E-state index is 0.170. The summed E-state index contributed by atoms with van der Waals surface area (Å²) in [6.07, 6.45) is 4.88. The Labute approximate surface area is 170 Å². The maximum Gasteiger partial charge on any atom is 0.181 e. The number of nitrogens with one attached hydrogen (secondary N) is 1. The van der Waals surface area contributed by atoms with E-state index in [4.69, 9.17) is 9.47 Å². The number of likely N-dealkylation sites (tertiary alicyclic amines) is 1. The van der Waals surface area contributed by atoms with Crippen LogP contribution in [0.5, 0.6) is 11.5 Å². The fourth-order valence-electron chi connectivity index (χ4n) is 4.65. The quantitative estimate of drug-likeness (QED) is 0.654. The number of ketones is 1. The molecule has 1 aromatic heterocycles. The van der Waals surface area contributed by atoms with Crippen LogP contribution in [0.2, 0.25) is 0 Å². The number of carbonyl (C=O) groups is 1. The molecule has 0 unspecified atom stereocenters. The van der Waals surface area contributed by atoms with Gasteiger partial charge in [-0.25, -0.2) is 0 Å². The average molecular weight is 390 g/mol. The zero-order chi connectivity index (χ0) is 19.8. The minimum atomic E-state index is -0.183. The normalized spacial score (nSPS) is 20.5. The van der Waals surface area contributed by atoms with E-state index >= 15 is 0 Å². The van der Waals surface area contributed by atoms with Gasteiger partial charge in [-0.1, -0.05) is 24.3 Å². The lowest BCUT2D eigenvalue weighted by molar-refractivity contribution is 0.0821. The largest absolute Gasteiger partial charge is 0.490 e. The number of hydrogen-bond donors (Lipinski definition) is 1. The highest BCUT2D eigenvalue weighted by molar-refractivity contribution is 6.10. The van der Waals surface area contributed by atoms with E-state index in [2.05, 4.69) is 22.0 Å². The number of ether oxygens (including phenoxy) is 2. The van der Waals surface area contributed by atoms with Crippen LogP contribution in [-0.4, -0.2) is 41.5 Å². The lowest BCUT2D eigenvalue weighted by Crippen LogP contribution is -2.38. The molecule has 3 aromatic rings. The number of rotatable bonds is 4. The van der Waals surface area contributed by atoms with Crippen LogP contribution in [0.4, 0.5) is 0 Å². The highest BCUT2D eigenvalue weighted by atomic mass is 16.5. The fourth-order valence-corrected chi connectivity index (χ4v) is 4.65. The number of nitrogens with zero attached hydrogens (tertiary/aromatic N) is 1. The molecule has 0 spiro atoms. The van der Waals surface area contributed by atoms with Gasteiger partial charge in [0.25, 0.3) is 0 Å². The molecule has 2 aliphatic rings. The van der Waals surface area contributed by atoms with E-state index in [0.717, 1.165) is 53.8 Å². The highest BCUT2D eigenvalue weighted by Crippen LogP contribution is 2.39. The van der Waals surface area contributed by atoms with Crippen LogP contribution in [0.3, 0.4) is 0 Å². The van der Waals surface area contributed by atoms with E-state index in [1.165, 1.54) is 5.56 Å². The molecule has 2 atom stereocenters. The Hall–Kier alpha value is -2.79. The molecular weight excluding hydrogens is 364 g/mol. The first-order valence-corrected chi connectivity index (χ1v) is 10.5. The van der Waals surface area contributed by atoms with Crippen LogP contribution in [-0.2, 0) is 0 Å². The van der Waals surface area contributed by atoms with Gasteiger partial charge in [0, 0.05) is 35.1 Å². The zero-order valence-corrected chi connectivity index (χ0v) is 16.7. The molecule has 3 heterocycles. The van der Waals surface area contributed by atoms with Crippen LogP contribution >= 0.6 is 0 Å². The van der Waals surface area contributed by atoms with Crippen molar-refractivity contribution in [2.24, 2.45) is 0 Å². The number of hydrogen-bond acceptors (Lipinski definition) is 4. The average Bonchev–Trinajstić information content (AvgIpc) is 3.34. The van der Waals surface area contributed by atoms with Crippen molar-refractivity contribution in [2.45, 2.75) is 38.3 Å². The van der Waals surface area contributed by atoms with Crippen LogP contribution in [0.25, 0.3) is 10.9 Å². The molecular formula is C24H26N2O3. The van der Waals surface area contributed by atoms with Gasteiger partial charge >= 0.3 is 0 Å². The second-order valence-corrected chi connectivity index (χ2v) is 7.94. The Bertz CT molecular complexity index is 1040. The predicted molar refractivity (Wildman–Crippen MR) is 113 cm³/mol. The van der Waals surface area contributed by atoms with Crippen molar-refractivity contribution < 1.29 is 14.3 Å². The van der Waals surface area contributed by atoms with Gasteiger partial charge in [0.05, 0.1) is 19.3 Å². The number of carbonyl (C=O) groups excluding carboxylic acids is 1. The number of H-pyrrole nitrogens is 1. The molecule has 2 aromatic carbocycles. The molecule has 1 fully saturated rings. The van der Waals surface area contributed by atoms with Crippen LogP contribution in [0.15, 0.2) is 48.7 Å². The van der Waals surface area contributed by atoms with Gasteiger partial charge in [0.2, 0.25) is 0 Å². The third kappa shape index (κ3) is 3.29. The molecule has 0 saturated carbocycles. The maximum absolute atomic E-state index is 13.4. The molecule has 0 bridgehead atoms. The Kier molecular flexibility index (Phi) is 4.76. The number of benzene rings is 2. The fraction of sp³-hybridized carbons (Fsp3) is 0.375. The van der Waals surface area contributed by atoms with E-state index in [1.54, 1.807) is 0 Å². The van der Waals surface area contributed by atoms with E-state index in [-0.39, 0.29) is 17.9 Å². The molecule has 5 heteroatoms. The summed E-state index contributed by atoms with van der Waals surface area (Å²) in [5, 5.41) is 0.996. The van der Waals surface area contributed by atoms with Crippen molar-refractivity contribution in [1.29, 1.82) is 0 Å². The number of Topliss-reactive ketones (excluding diaryl/α,β-unsaturated/α-hetero) is 1. The summed E-state index contributed by atoms with van der Waals surface area (Å²) in [5.74, 6) is 1.81. The van der Waals surface area contributed by atoms with Crippen LogP contribution in [0.1, 0.15) is 48.1 Å². The topological polar surface area (TPSA) is 54.6 Å². The highest BCUT2D eigenvalue weighted by Gasteiger charge is 2.34. The smallest absolute Gasteiger partial charge is 0.181 e. The molecule has 0 aliphatic carbocycles. The first-order valence-electron chi connectivity index (χ1n) is 10.5. The second-order valence-electron chi connectivity index (χ2n) is 7.94. The zero-order valence-electron chi connectivity index (χ0n) is 16.7. The van der Waals surface area contributed by atoms with Gasteiger partial charge in [0.1, 0.15) is 0 Å². The number of para-hydroxylation sites is 1. The lowest BCUT2D eigenvalue weighted by atomic mass is 9.99. The SMILES string of the molecule is C[C@@H](C(=O)c1c[nH]c2ccccc12)N1CCC[C@@H]1c1ccc2c(c1)OCCCO2. The molecule has 5 rings (SSSR count). The molecule has 2 aliphatic heterocycles. The summed E-state index contributed by atoms with van der Waals surface area (Å²) >= 11 is 0. The molecule has 1 saturated heterocycles. The minimum Gasteiger partial charge on any atom is -0.490 e. The van der Waals surface area contributed by atoms with Crippen molar-refractivity contribution in [1.82, 2.24) is 9.88 Å². The summed E-state index contributed by atoms with van der Waals surface area (Å²) in [5.41, 5.74) is 2.98. The molecule has 5 nitrogen and oxygen atoms in total. The Morgan fingerprint density at radius 2 is 1.93 bits per heavy atom. The van der Waals surface area contributed by atoms with E-state index in [1.807, 2.05) is 43.5 Å². The molecule has 150 valence electrons. The Morgan fingerprint density at radius 1 is 1.10 bits per heavy atom. The monoisotopic (exact) mass is 390 g/mol. The Morgan fingerprint density at radius 3 is 2.83 bits per heavy atom. The van der Waals surface area contributed by atoms with Crippen molar-refractivity contribution in [3.05, 3.63) is 59.8 Å². The van der Waals surface area contributed by atoms with Crippen LogP contribution < -0.4 is 9.47 Å². The first kappa shape index (κ1) is 18.3. The van der Waals surface area contributed by atoms with Crippen LogP contribution in [0, 0.1) is 0 Å². The van der Waals surface area contributed by atoms with E-state index in [0.29, 0.717) is 13.2 Å².